The number of likely N-dealkylation sites (N-methyl/N-ethyl adjacent to an activating group) is 1. The minimum Gasteiger partial charge on any atom is -0.493 e. The monoisotopic (exact) mass is 265 g/mol. The van der Waals surface area contributed by atoms with E-state index in [-0.39, 0.29) is 6.10 Å². The molecule has 0 bridgehead atoms. The average molecular weight is 265 g/mol. The van der Waals surface area contributed by atoms with Crippen molar-refractivity contribution in [2.24, 2.45) is 0 Å². The van der Waals surface area contributed by atoms with Crippen molar-refractivity contribution >= 4 is 6.29 Å². The van der Waals surface area contributed by atoms with Gasteiger partial charge in [0, 0.05) is 18.7 Å². The molecule has 1 heterocycles. The number of morpholine rings is 1. The number of carbonyl (C=O) groups is 1. The van der Waals surface area contributed by atoms with Gasteiger partial charge >= 0.3 is 0 Å². The van der Waals surface area contributed by atoms with E-state index < -0.39 is 0 Å². The second-order valence-electron chi connectivity index (χ2n) is 4.59. The van der Waals surface area contributed by atoms with Gasteiger partial charge < -0.3 is 19.1 Å². The number of carbonyl (C=O) groups excluding carboxylic acids is 1. The molecule has 19 heavy (non-hydrogen) atoms. The largest absolute Gasteiger partial charge is 0.493 e. The molecule has 0 spiro atoms. The summed E-state index contributed by atoms with van der Waals surface area (Å²) in [6.07, 6.45) is 0.834. The highest BCUT2D eigenvalue weighted by Gasteiger charge is 2.19. The Morgan fingerprint density at radius 3 is 3.00 bits per heavy atom. The van der Waals surface area contributed by atoms with Gasteiger partial charge in [-0.1, -0.05) is 0 Å². The number of aldehydes is 1. The van der Waals surface area contributed by atoms with E-state index in [4.69, 9.17) is 14.2 Å². The molecule has 5 nitrogen and oxygen atoms in total. The molecular formula is C14H19NO4. The van der Waals surface area contributed by atoms with Crippen LogP contribution in [0.15, 0.2) is 18.2 Å². The molecule has 2 rings (SSSR count). The van der Waals surface area contributed by atoms with Crippen molar-refractivity contribution in [2.75, 3.05) is 40.5 Å². The Morgan fingerprint density at radius 1 is 1.47 bits per heavy atom. The first kappa shape index (κ1) is 13.8. The second-order valence-corrected chi connectivity index (χ2v) is 4.59. The zero-order valence-corrected chi connectivity index (χ0v) is 11.3. The number of nitrogens with zero attached hydrogens (tertiary/aromatic N) is 1. The van der Waals surface area contributed by atoms with Gasteiger partial charge in [-0.2, -0.15) is 0 Å². The third kappa shape index (κ3) is 3.68. The first-order chi connectivity index (χ1) is 9.22. The molecule has 1 aromatic carbocycles. The summed E-state index contributed by atoms with van der Waals surface area (Å²) >= 11 is 0. The average Bonchev–Trinajstić information content (AvgIpc) is 2.45. The van der Waals surface area contributed by atoms with Crippen molar-refractivity contribution in [3.63, 3.8) is 0 Å². The molecule has 1 atom stereocenters. The highest BCUT2D eigenvalue weighted by atomic mass is 16.5. The molecule has 0 radical (unpaired) electrons. The van der Waals surface area contributed by atoms with Gasteiger partial charge in [-0.05, 0) is 25.2 Å². The molecule has 104 valence electrons. The third-order valence-electron chi connectivity index (χ3n) is 3.09. The highest BCUT2D eigenvalue weighted by molar-refractivity contribution is 5.76. The van der Waals surface area contributed by atoms with E-state index in [1.807, 2.05) is 0 Å². The van der Waals surface area contributed by atoms with Gasteiger partial charge in [-0.25, -0.2) is 0 Å². The van der Waals surface area contributed by atoms with Crippen LogP contribution >= 0.6 is 0 Å². The van der Waals surface area contributed by atoms with Crippen molar-refractivity contribution < 1.29 is 19.0 Å². The normalized spacial score (nSPS) is 20.0. The Balaban J connectivity index is 1.99. The quantitative estimate of drug-likeness (QED) is 0.749. The molecule has 1 unspecified atom stereocenters. The highest BCUT2D eigenvalue weighted by Crippen LogP contribution is 2.27. The van der Waals surface area contributed by atoms with Crippen LogP contribution in [0.2, 0.25) is 0 Å². The Bertz CT molecular complexity index is 435. The number of hydrogen-bond donors (Lipinski definition) is 0. The van der Waals surface area contributed by atoms with Crippen LogP contribution in [-0.4, -0.2) is 57.8 Å². The smallest absolute Gasteiger partial charge is 0.162 e. The SMILES string of the molecule is COc1ccc(C=O)cc1OCC1CN(C)CCO1. The molecule has 0 saturated carbocycles. The Hall–Kier alpha value is -1.59. The van der Waals surface area contributed by atoms with Gasteiger partial charge in [0.15, 0.2) is 11.5 Å². The third-order valence-corrected chi connectivity index (χ3v) is 3.09. The van der Waals surface area contributed by atoms with E-state index >= 15 is 0 Å². The fourth-order valence-corrected chi connectivity index (χ4v) is 2.03. The van der Waals surface area contributed by atoms with Crippen LogP contribution in [0.5, 0.6) is 11.5 Å². The lowest BCUT2D eigenvalue weighted by atomic mass is 10.2. The Labute approximate surface area is 113 Å². The van der Waals surface area contributed by atoms with Gasteiger partial charge in [-0.3, -0.25) is 4.79 Å². The molecule has 0 aliphatic carbocycles. The number of ether oxygens (including phenoxy) is 3. The molecule has 0 aromatic heterocycles. The lowest BCUT2D eigenvalue weighted by Gasteiger charge is -2.30. The summed E-state index contributed by atoms with van der Waals surface area (Å²) in [7, 11) is 3.64. The van der Waals surface area contributed by atoms with Crippen molar-refractivity contribution in [1.82, 2.24) is 4.90 Å². The standard InChI is InChI=1S/C14H19NO4/c1-15-5-6-18-12(8-15)10-19-14-7-11(9-16)3-4-13(14)17-2/h3-4,7,9,12H,5-6,8,10H2,1-2H3. The fraction of sp³-hybridized carbons (Fsp3) is 0.500. The zero-order chi connectivity index (χ0) is 13.7. The summed E-state index contributed by atoms with van der Waals surface area (Å²) < 4.78 is 16.6. The van der Waals surface area contributed by atoms with Crippen molar-refractivity contribution in [3.8, 4) is 11.5 Å². The van der Waals surface area contributed by atoms with Gasteiger partial charge in [0.25, 0.3) is 0 Å². The van der Waals surface area contributed by atoms with E-state index in [0.29, 0.717) is 23.7 Å². The lowest BCUT2D eigenvalue weighted by Crippen LogP contribution is -2.42. The van der Waals surface area contributed by atoms with Crippen LogP contribution in [0.1, 0.15) is 10.4 Å². The number of rotatable bonds is 5. The first-order valence-electron chi connectivity index (χ1n) is 6.29. The summed E-state index contributed by atoms with van der Waals surface area (Å²) in [4.78, 5) is 13.0. The first-order valence-corrected chi connectivity index (χ1v) is 6.29. The minimum atomic E-state index is 0.0448. The maximum Gasteiger partial charge on any atom is 0.162 e. The van der Waals surface area contributed by atoms with E-state index in [2.05, 4.69) is 11.9 Å². The van der Waals surface area contributed by atoms with Crippen LogP contribution in [0, 0.1) is 0 Å². The Morgan fingerprint density at radius 2 is 2.32 bits per heavy atom. The molecule has 0 N–H and O–H groups in total. The summed E-state index contributed by atoms with van der Waals surface area (Å²) in [5.74, 6) is 1.19. The molecule has 1 aromatic rings. The Kier molecular flexibility index (Phi) is 4.76. The molecular weight excluding hydrogens is 246 g/mol. The van der Waals surface area contributed by atoms with Gasteiger partial charge in [0.1, 0.15) is 19.0 Å². The maximum atomic E-state index is 10.8. The van der Waals surface area contributed by atoms with E-state index in [1.54, 1.807) is 25.3 Å². The minimum absolute atomic E-state index is 0.0448. The number of benzene rings is 1. The predicted octanol–water partition coefficient (Wildman–Crippen LogP) is 1.22. The molecule has 1 fully saturated rings. The van der Waals surface area contributed by atoms with Gasteiger partial charge in [0.05, 0.1) is 13.7 Å². The fourth-order valence-electron chi connectivity index (χ4n) is 2.03. The lowest BCUT2D eigenvalue weighted by molar-refractivity contribution is -0.0406. The van der Waals surface area contributed by atoms with Crippen LogP contribution < -0.4 is 9.47 Å². The number of methoxy groups -OCH3 is 1. The van der Waals surface area contributed by atoms with Crippen molar-refractivity contribution in [1.29, 1.82) is 0 Å². The summed E-state index contributed by atoms with van der Waals surface area (Å²) in [6, 6.07) is 5.11. The molecule has 1 aliphatic rings. The van der Waals surface area contributed by atoms with E-state index in [9.17, 15) is 4.79 Å². The van der Waals surface area contributed by atoms with Crippen molar-refractivity contribution in [3.05, 3.63) is 23.8 Å². The predicted molar refractivity (Wildman–Crippen MR) is 71.1 cm³/mol. The summed E-state index contributed by atoms with van der Waals surface area (Å²) in [5, 5.41) is 0. The summed E-state index contributed by atoms with van der Waals surface area (Å²) in [6.45, 7) is 2.95. The summed E-state index contributed by atoms with van der Waals surface area (Å²) in [5.41, 5.74) is 0.567. The second kappa shape index (κ2) is 6.54. The van der Waals surface area contributed by atoms with E-state index in [0.717, 1.165) is 26.0 Å². The van der Waals surface area contributed by atoms with Crippen LogP contribution in [0.3, 0.4) is 0 Å². The molecule has 0 amide bonds. The van der Waals surface area contributed by atoms with Crippen LogP contribution in [0.25, 0.3) is 0 Å². The zero-order valence-electron chi connectivity index (χ0n) is 11.3. The van der Waals surface area contributed by atoms with Gasteiger partial charge in [-0.15, -0.1) is 0 Å². The van der Waals surface area contributed by atoms with E-state index in [1.165, 1.54) is 0 Å². The van der Waals surface area contributed by atoms with Gasteiger partial charge in [0.2, 0.25) is 0 Å². The maximum absolute atomic E-state index is 10.8. The van der Waals surface area contributed by atoms with Crippen molar-refractivity contribution in [2.45, 2.75) is 6.10 Å². The molecule has 5 heteroatoms. The van der Waals surface area contributed by atoms with Crippen LogP contribution in [-0.2, 0) is 4.74 Å². The molecule has 1 saturated heterocycles. The topological polar surface area (TPSA) is 48.0 Å². The van der Waals surface area contributed by atoms with Crippen LogP contribution in [0.4, 0.5) is 0 Å². The number of hydrogen-bond acceptors (Lipinski definition) is 5. The molecule has 1 aliphatic heterocycles.